The standard InChI is InChI=1S/C4H5BNO2/c1-2-4-7-8-6-5-3-1/h1-4,6H/b3-1-,4-2-. The lowest BCUT2D eigenvalue weighted by Crippen LogP contribution is -2.17. The summed E-state index contributed by atoms with van der Waals surface area (Å²) in [6.07, 6.45) is 4.96. The summed E-state index contributed by atoms with van der Waals surface area (Å²) >= 11 is 0. The van der Waals surface area contributed by atoms with Gasteiger partial charge in [-0.3, -0.25) is 0 Å². The Morgan fingerprint density at radius 1 is 1.38 bits per heavy atom. The molecule has 0 aromatic heterocycles. The van der Waals surface area contributed by atoms with Crippen LogP contribution in [0.2, 0.25) is 0 Å². The highest BCUT2D eigenvalue weighted by molar-refractivity contribution is 6.38. The molecule has 0 aromatic carbocycles. The molecule has 41 valence electrons. The first-order valence-corrected chi connectivity index (χ1v) is 2.23. The molecule has 0 aliphatic carbocycles. The van der Waals surface area contributed by atoms with Gasteiger partial charge in [-0.05, 0) is 6.08 Å². The van der Waals surface area contributed by atoms with E-state index in [4.69, 9.17) is 0 Å². The minimum absolute atomic E-state index is 1.43. The minimum Gasteiger partial charge on any atom is -0.328 e. The van der Waals surface area contributed by atoms with E-state index in [0.29, 0.717) is 0 Å². The van der Waals surface area contributed by atoms with Crippen LogP contribution in [0.3, 0.4) is 0 Å². The maximum atomic E-state index is 4.40. The van der Waals surface area contributed by atoms with E-state index in [9.17, 15) is 0 Å². The summed E-state index contributed by atoms with van der Waals surface area (Å²) in [4.78, 5) is 8.73. The average molecular weight is 110 g/mol. The van der Waals surface area contributed by atoms with Gasteiger partial charge in [0, 0.05) is 0 Å². The van der Waals surface area contributed by atoms with Gasteiger partial charge in [0.1, 0.15) is 6.26 Å². The van der Waals surface area contributed by atoms with E-state index in [0.717, 1.165) is 0 Å². The summed E-state index contributed by atoms with van der Waals surface area (Å²) in [7, 11) is 1.61. The second kappa shape index (κ2) is 3.29. The summed E-state index contributed by atoms with van der Waals surface area (Å²) in [5.41, 5.74) is 0. The molecule has 1 rings (SSSR count). The van der Waals surface area contributed by atoms with Gasteiger partial charge < -0.3 is 4.89 Å². The van der Waals surface area contributed by atoms with Crippen molar-refractivity contribution in [2.24, 2.45) is 0 Å². The third kappa shape index (κ3) is 1.81. The van der Waals surface area contributed by atoms with Gasteiger partial charge in [0.05, 0.1) is 0 Å². The van der Waals surface area contributed by atoms with Crippen LogP contribution in [0.1, 0.15) is 0 Å². The lowest BCUT2D eigenvalue weighted by Gasteiger charge is -1.98. The molecule has 1 N–H and O–H groups in total. The van der Waals surface area contributed by atoms with Gasteiger partial charge in [-0.2, -0.15) is 0 Å². The Kier molecular flexibility index (Phi) is 2.22. The number of hydrogen-bond donors (Lipinski definition) is 1. The molecule has 1 heterocycles. The van der Waals surface area contributed by atoms with Crippen molar-refractivity contribution in [3.63, 3.8) is 0 Å². The number of rotatable bonds is 0. The molecule has 4 heteroatoms. The van der Waals surface area contributed by atoms with Crippen molar-refractivity contribution >= 4 is 7.41 Å². The molecule has 3 nitrogen and oxygen atoms in total. The lowest BCUT2D eigenvalue weighted by atomic mass is 9.97. The molecule has 0 saturated heterocycles. The van der Waals surface area contributed by atoms with E-state index in [1.54, 1.807) is 19.5 Å². The van der Waals surface area contributed by atoms with Crippen LogP contribution in [0.25, 0.3) is 0 Å². The van der Waals surface area contributed by atoms with E-state index < -0.39 is 0 Å². The predicted octanol–water partition coefficient (Wildman–Crippen LogP) is 0.0994. The van der Waals surface area contributed by atoms with Crippen LogP contribution in [0.4, 0.5) is 0 Å². The van der Waals surface area contributed by atoms with Gasteiger partial charge in [0.15, 0.2) is 0 Å². The number of nitrogens with one attached hydrogen (secondary N) is 1. The van der Waals surface area contributed by atoms with E-state index >= 15 is 0 Å². The van der Waals surface area contributed by atoms with Gasteiger partial charge in [0.25, 0.3) is 7.41 Å². The van der Waals surface area contributed by atoms with Crippen LogP contribution >= 0.6 is 0 Å². The molecular weight excluding hydrogens is 105 g/mol. The van der Waals surface area contributed by atoms with E-state index in [2.05, 4.69) is 15.3 Å². The molecular formula is C4H5BNO2. The van der Waals surface area contributed by atoms with Gasteiger partial charge in [-0.25, -0.2) is 5.39 Å². The molecule has 0 amide bonds. The molecule has 1 radical (unpaired) electrons. The Morgan fingerprint density at radius 2 is 2.38 bits per heavy atom. The molecule has 0 saturated carbocycles. The molecule has 1 aliphatic rings. The molecule has 8 heavy (non-hydrogen) atoms. The largest absolute Gasteiger partial charge is 0.328 e. The zero-order chi connectivity index (χ0) is 5.66. The van der Waals surface area contributed by atoms with Gasteiger partial charge in [-0.15, -0.1) is 11.0 Å². The van der Waals surface area contributed by atoms with Gasteiger partial charge in [0.2, 0.25) is 0 Å². The average Bonchev–Trinajstić information content (AvgIpc) is 1.62. The normalized spacial score (nSPS) is 26.0. The highest BCUT2D eigenvalue weighted by atomic mass is 17.3. The molecule has 0 unspecified atom stereocenters. The summed E-state index contributed by atoms with van der Waals surface area (Å²) in [6, 6.07) is 0. The van der Waals surface area contributed by atoms with Crippen LogP contribution in [-0.4, -0.2) is 7.41 Å². The molecule has 0 spiro atoms. The molecule has 0 fully saturated rings. The van der Waals surface area contributed by atoms with Crippen molar-refractivity contribution in [1.82, 2.24) is 5.39 Å². The third-order valence-electron chi connectivity index (χ3n) is 0.617. The summed E-state index contributed by atoms with van der Waals surface area (Å²) in [6.45, 7) is 0. The van der Waals surface area contributed by atoms with Crippen LogP contribution in [-0.2, 0) is 9.88 Å². The quantitative estimate of drug-likeness (QED) is 0.354. The van der Waals surface area contributed by atoms with Crippen molar-refractivity contribution < 1.29 is 9.88 Å². The lowest BCUT2D eigenvalue weighted by molar-refractivity contribution is -0.275. The van der Waals surface area contributed by atoms with Crippen LogP contribution in [0.15, 0.2) is 24.4 Å². The number of hydrogen-bond acceptors (Lipinski definition) is 3. The van der Waals surface area contributed by atoms with Crippen molar-refractivity contribution in [1.29, 1.82) is 0 Å². The maximum absolute atomic E-state index is 4.40. The SMILES string of the molecule is [B]1/C=C\C=C/OON1. The van der Waals surface area contributed by atoms with E-state index in [-0.39, 0.29) is 0 Å². The summed E-state index contributed by atoms with van der Waals surface area (Å²) < 4.78 is 0. The van der Waals surface area contributed by atoms with Crippen molar-refractivity contribution in [2.45, 2.75) is 0 Å². The fraction of sp³-hybridized carbons (Fsp3) is 0. The van der Waals surface area contributed by atoms with Gasteiger partial charge >= 0.3 is 0 Å². The van der Waals surface area contributed by atoms with Crippen molar-refractivity contribution in [3.8, 4) is 0 Å². The Morgan fingerprint density at radius 3 is 3.38 bits per heavy atom. The Balaban J connectivity index is 2.33. The molecule has 1 aliphatic heterocycles. The maximum Gasteiger partial charge on any atom is 0.276 e. The monoisotopic (exact) mass is 110 g/mol. The first-order valence-electron chi connectivity index (χ1n) is 2.23. The smallest absolute Gasteiger partial charge is 0.276 e. The minimum atomic E-state index is 1.43. The highest BCUT2D eigenvalue weighted by Crippen LogP contribution is 1.81. The first kappa shape index (κ1) is 5.40. The zero-order valence-corrected chi connectivity index (χ0v) is 4.20. The zero-order valence-electron chi connectivity index (χ0n) is 4.20. The van der Waals surface area contributed by atoms with Crippen LogP contribution < -0.4 is 5.39 Å². The second-order valence-electron chi connectivity index (χ2n) is 1.18. The van der Waals surface area contributed by atoms with Crippen LogP contribution in [0, 0.1) is 0 Å². The van der Waals surface area contributed by atoms with E-state index in [1.165, 1.54) is 6.26 Å². The van der Waals surface area contributed by atoms with E-state index in [1.807, 2.05) is 6.08 Å². The fourth-order valence-electron chi connectivity index (χ4n) is 0.320. The molecule has 0 atom stereocenters. The van der Waals surface area contributed by atoms with Crippen LogP contribution in [0.5, 0.6) is 0 Å². The summed E-state index contributed by atoms with van der Waals surface area (Å²) in [5.74, 6) is 1.79. The molecule has 0 aromatic rings. The van der Waals surface area contributed by atoms with Crippen molar-refractivity contribution in [2.75, 3.05) is 0 Å². The first-order chi connectivity index (χ1) is 4.00. The topological polar surface area (TPSA) is 30.5 Å². The summed E-state index contributed by atoms with van der Waals surface area (Å²) in [5, 5.41) is 2.40. The Bertz CT molecular complexity index is 98.6. The second-order valence-corrected chi connectivity index (χ2v) is 1.18. The highest BCUT2D eigenvalue weighted by Gasteiger charge is 1.84. The molecule has 0 bridgehead atoms. The Hall–Kier alpha value is -0.735. The fourth-order valence-corrected chi connectivity index (χ4v) is 0.320. The third-order valence-corrected chi connectivity index (χ3v) is 0.617. The number of allylic oxidation sites excluding steroid dienone is 2. The Labute approximate surface area is 48.1 Å². The van der Waals surface area contributed by atoms with Gasteiger partial charge in [-0.1, -0.05) is 6.08 Å². The van der Waals surface area contributed by atoms with Crippen molar-refractivity contribution in [3.05, 3.63) is 24.4 Å². The predicted molar refractivity (Wildman–Crippen MR) is 29.3 cm³/mol.